The average Bonchev–Trinajstić information content (AvgIpc) is 2.61. The van der Waals surface area contributed by atoms with Crippen LogP contribution >= 0.6 is 11.6 Å². The van der Waals surface area contributed by atoms with Gasteiger partial charge in [0.15, 0.2) is 0 Å². The number of carboxylic acid groups (broad SMARTS) is 1. The van der Waals surface area contributed by atoms with E-state index in [0.29, 0.717) is 31.0 Å². The van der Waals surface area contributed by atoms with E-state index >= 15 is 0 Å². The predicted octanol–water partition coefficient (Wildman–Crippen LogP) is 4.59. The molecule has 24 heavy (non-hydrogen) atoms. The molecule has 3 rings (SSSR count). The van der Waals surface area contributed by atoms with Crippen LogP contribution in [0.4, 0.5) is 4.79 Å². The molecule has 4 nitrogen and oxygen atoms in total. The first-order chi connectivity index (χ1) is 11.6. The number of halogens is 1. The fourth-order valence-corrected chi connectivity index (χ4v) is 3.26. The molecule has 1 saturated heterocycles. The van der Waals surface area contributed by atoms with E-state index in [4.69, 9.17) is 21.4 Å². The van der Waals surface area contributed by atoms with Crippen LogP contribution in [0.15, 0.2) is 54.6 Å². The van der Waals surface area contributed by atoms with E-state index in [1.54, 1.807) is 0 Å². The van der Waals surface area contributed by atoms with E-state index in [2.05, 4.69) is 0 Å². The Morgan fingerprint density at radius 2 is 1.71 bits per heavy atom. The van der Waals surface area contributed by atoms with Crippen molar-refractivity contribution in [2.24, 2.45) is 0 Å². The van der Waals surface area contributed by atoms with Gasteiger partial charge in [-0.25, -0.2) is 4.79 Å². The molecule has 0 bridgehead atoms. The van der Waals surface area contributed by atoms with Gasteiger partial charge in [0.2, 0.25) is 0 Å². The molecular formula is C19H20ClNO3. The van der Waals surface area contributed by atoms with Gasteiger partial charge in [0.25, 0.3) is 0 Å². The third kappa shape index (κ3) is 3.89. The molecule has 5 heteroatoms. The number of nitrogens with zero attached hydrogens (tertiary/aromatic N) is 1. The largest absolute Gasteiger partial charge is 0.465 e. The summed E-state index contributed by atoms with van der Waals surface area (Å²) in [6, 6.07) is 17.7. The summed E-state index contributed by atoms with van der Waals surface area (Å²) >= 11 is 6.39. The molecule has 1 aliphatic heterocycles. The summed E-state index contributed by atoms with van der Waals surface area (Å²) in [5.74, 6) is 0. The molecule has 1 amide bonds. The molecule has 2 aromatic carbocycles. The second-order valence-corrected chi connectivity index (χ2v) is 6.32. The number of piperidine rings is 1. The van der Waals surface area contributed by atoms with Crippen LogP contribution < -0.4 is 0 Å². The fraction of sp³-hybridized carbons (Fsp3) is 0.316. The second-order valence-electron chi connectivity index (χ2n) is 5.92. The highest BCUT2D eigenvalue weighted by atomic mass is 35.5. The lowest BCUT2D eigenvalue weighted by Crippen LogP contribution is -2.40. The molecule has 1 unspecified atom stereocenters. The number of hydrogen-bond acceptors (Lipinski definition) is 2. The Hall–Kier alpha value is -2.04. The third-order valence-corrected chi connectivity index (χ3v) is 4.68. The van der Waals surface area contributed by atoms with Crippen LogP contribution in [0.1, 0.15) is 30.1 Å². The molecular weight excluding hydrogens is 326 g/mol. The summed E-state index contributed by atoms with van der Waals surface area (Å²) < 4.78 is 6.37. The van der Waals surface area contributed by atoms with Crippen LogP contribution in [-0.2, 0) is 4.74 Å². The number of hydrogen-bond donors (Lipinski definition) is 1. The van der Waals surface area contributed by atoms with Crippen molar-refractivity contribution in [2.75, 3.05) is 13.1 Å². The molecule has 126 valence electrons. The van der Waals surface area contributed by atoms with Crippen molar-refractivity contribution >= 4 is 17.7 Å². The first-order valence-corrected chi connectivity index (χ1v) is 8.45. The first kappa shape index (κ1) is 16.8. The Kier molecular flexibility index (Phi) is 5.38. The normalized spacial score (nSPS) is 16.8. The topological polar surface area (TPSA) is 49.8 Å². The third-order valence-electron chi connectivity index (χ3n) is 4.33. The van der Waals surface area contributed by atoms with Crippen molar-refractivity contribution in [3.63, 3.8) is 0 Å². The van der Waals surface area contributed by atoms with Crippen molar-refractivity contribution in [2.45, 2.75) is 25.0 Å². The summed E-state index contributed by atoms with van der Waals surface area (Å²) in [6.07, 6.45) is 0.294. The van der Waals surface area contributed by atoms with Crippen molar-refractivity contribution in [1.82, 2.24) is 4.90 Å². The van der Waals surface area contributed by atoms with E-state index in [1.165, 1.54) is 4.90 Å². The van der Waals surface area contributed by atoms with Crippen molar-refractivity contribution in [1.29, 1.82) is 0 Å². The van der Waals surface area contributed by atoms with E-state index < -0.39 is 6.09 Å². The van der Waals surface area contributed by atoms with E-state index in [0.717, 1.165) is 11.1 Å². The molecule has 0 aliphatic carbocycles. The molecule has 1 atom stereocenters. The van der Waals surface area contributed by atoms with Crippen LogP contribution in [-0.4, -0.2) is 35.3 Å². The minimum atomic E-state index is -0.862. The standard InChI is InChI=1S/C19H20ClNO3/c20-17-9-5-4-8-16(17)18(14-6-2-1-3-7-14)24-15-10-12-21(13-11-15)19(22)23/h1-9,15,18H,10-13H2,(H,22,23). The maximum atomic E-state index is 11.0. The lowest BCUT2D eigenvalue weighted by molar-refractivity contribution is -0.0240. The maximum absolute atomic E-state index is 11.0. The molecule has 2 aromatic rings. The lowest BCUT2D eigenvalue weighted by Gasteiger charge is -2.33. The summed E-state index contributed by atoms with van der Waals surface area (Å²) in [4.78, 5) is 12.5. The Morgan fingerprint density at radius 1 is 1.08 bits per heavy atom. The highest BCUT2D eigenvalue weighted by Crippen LogP contribution is 2.33. The van der Waals surface area contributed by atoms with Gasteiger partial charge in [0.05, 0.1) is 6.10 Å². The van der Waals surface area contributed by atoms with Crippen LogP contribution in [0.3, 0.4) is 0 Å². The quantitative estimate of drug-likeness (QED) is 0.881. The highest BCUT2D eigenvalue weighted by Gasteiger charge is 2.27. The molecule has 0 aromatic heterocycles. The SMILES string of the molecule is O=C(O)N1CCC(OC(c2ccccc2)c2ccccc2Cl)CC1. The van der Waals surface area contributed by atoms with Crippen molar-refractivity contribution < 1.29 is 14.6 Å². The summed E-state index contributed by atoms with van der Waals surface area (Å²) in [5, 5.41) is 9.74. The molecule has 0 spiro atoms. The number of rotatable bonds is 4. The number of ether oxygens (including phenoxy) is 1. The van der Waals surface area contributed by atoms with Gasteiger partial charge in [0, 0.05) is 23.7 Å². The number of amides is 1. The van der Waals surface area contributed by atoms with Gasteiger partial charge in [-0.15, -0.1) is 0 Å². The van der Waals surface area contributed by atoms with Crippen molar-refractivity contribution in [3.05, 3.63) is 70.7 Å². The molecule has 1 fully saturated rings. The van der Waals surface area contributed by atoms with Gasteiger partial charge in [0.1, 0.15) is 6.10 Å². The highest BCUT2D eigenvalue weighted by molar-refractivity contribution is 6.31. The van der Waals surface area contributed by atoms with Gasteiger partial charge >= 0.3 is 6.09 Å². The van der Waals surface area contributed by atoms with Gasteiger partial charge in [-0.3, -0.25) is 0 Å². The Morgan fingerprint density at radius 3 is 2.33 bits per heavy atom. The monoisotopic (exact) mass is 345 g/mol. The maximum Gasteiger partial charge on any atom is 0.407 e. The number of benzene rings is 2. The van der Waals surface area contributed by atoms with E-state index in [-0.39, 0.29) is 12.2 Å². The summed E-state index contributed by atoms with van der Waals surface area (Å²) in [6.45, 7) is 1.01. The number of carbonyl (C=O) groups is 1. The van der Waals surface area contributed by atoms with Crippen molar-refractivity contribution in [3.8, 4) is 0 Å². The minimum Gasteiger partial charge on any atom is -0.465 e. The van der Waals surface area contributed by atoms with Gasteiger partial charge in [-0.2, -0.15) is 0 Å². The molecule has 0 radical (unpaired) electrons. The smallest absolute Gasteiger partial charge is 0.407 e. The van der Waals surface area contributed by atoms with E-state index in [9.17, 15) is 4.79 Å². The minimum absolute atomic E-state index is 0.0158. The first-order valence-electron chi connectivity index (χ1n) is 8.08. The average molecular weight is 346 g/mol. The fourth-order valence-electron chi connectivity index (χ4n) is 3.02. The Labute approximate surface area is 146 Å². The van der Waals surface area contributed by atoms with Gasteiger partial charge in [-0.1, -0.05) is 60.1 Å². The predicted molar refractivity (Wildman–Crippen MR) is 93.4 cm³/mol. The van der Waals surface area contributed by atoms with Crippen LogP contribution in [0.5, 0.6) is 0 Å². The summed E-state index contributed by atoms with van der Waals surface area (Å²) in [5.41, 5.74) is 1.98. The molecule has 1 aliphatic rings. The second kappa shape index (κ2) is 7.69. The summed E-state index contributed by atoms with van der Waals surface area (Å²) in [7, 11) is 0. The number of likely N-dealkylation sites (tertiary alicyclic amines) is 1. The van der Waals surface area contributed by atoms with Crippen LogP contribution in [0.2, 0.25) is 5.02 Å². The zero-order chi connectivity index (χ0) is 16.9. The van der Waals surface area contributed by atoms with Gasteiger partial charge < -0.3 is 14.7 Å². The molecule has 1 heterocycles. The molecule has 1 N–H and O–H groups in total. The molecule has 0 saturated carbocycles. The Balaban J connectivity index is 1.79. The lowest BCUT2D eigenvalue weighted by atomic mass is 10.00. The van der Waals surface area contributed by atoms with Gasteiger partial charge in [-0.05, 0) is 24.5 Å². The van der Waals surface area contributed by atoms with Crippen LogP contribution in [0, 0.1) is 0 Å². The van der Waals surface area contributed by atoms with E-state index in [1.807, 2.05) is 54.6 Å². The zero-order valence-electron chi connectivity index (χ0n) is 13.3. The Bertz CT molecular complexity index is 684. The van der Waals surface area contributed by atoms with Crippen LogP contribution in [0.25, 0.3) is 0 Å². The zero-order valence-corrected chi connectivity index (χ0v) is 14.0.